The summed E-state index contributed by atoms with van der Waals surface area (Å²) < 4.78 is 0. The molecule has 1 fully saturated rings. The van der Waals surface area contributed by atoms with Crippen LogP contribution in [-0.2, 0) is 4.79 Å². The number of thiophene rings is 1. The summed E-state index contributed by atoms with van der Waals surface area (Å²) in [5.41, 5.74) is 0.854. The zero-order valence-corrected chi connectivity index (χ0v) is 12.4. The number of carboxylic acids is 1. The molecule has 1 aromatic heterocycles. The molecule has 0 aromatic carbocycles. The van der Waals surface area contributed by atoms with Crippen molar-refractivity contribution in [2.45, 2.75) is 32.7 Å². The molecule has 1 saturated heterocycles. The highest BCUT2D eigenvalue weighted by Gasteiger charge is 2.36. The van der Waals surface area contributed by atoms with Crippen molar-refractivity contribution in [3.05, 3.63) is 20.8 Å². The third kappa shape index (κ3) is 2.77. The van der Waals surface area contributed by atoms with Crippen LogP contribution in [0.1, 0.15) is 35.0 Å². The minimum absolute atomic E-state index is 0.262. The van der Waals surface area contributed by atoms with Gasteiger partial charge < -0.3 is 10.0 Å². The number of halogens is 1. The van der Waals surface area contributed by atoms with Gasteiger partial charge in [0.1, 0.15) is 10.9 Å². The smallest absolute Gasteiger partial charge is 0.326 e. The van der Waals surface area contributed by atoms with Crippen molar-refractivity contribution in [1.29, 1.82) is 0 Å². The highest BCUT2D eigenvalue weighted by molar-refractivity contribution is 7.13. The van der Waals surface area contributed by atoms with Crippen LogP contribution >= 0.6 is 22.9 Å². The molecule has 104 valence electrons. The summed E-state index contributed by atoms with van der Waals surface area (Å²) in [7, 11) is 0. The van der Waals surface area contributed by atoms with Crippen molar-refractivity contribution in [2.75, 3.05) is 6.54 Å². The number of likely N-dealkylation sites (tertiary alicyclic amines) is 1. The Morgan fingerprint density at radius 1 is 1.53 bits per heavy atom. The highest BCUT2D eigenvalue weighted by atomic mass is 35.5. The van der Waals surface area contributed by atoms with E-state index in [0.717, 1.165) is 12.0 Å². The molecule has 0 aliphatic carbocycles. The van der Waals surface area contributed by atoms with E-state index < -0.39 is 12.0 Å². The van der Waals surface area contributed by atoms with Gasteiger partial charge in [-0.3, -0.25) is 4.79 Å². The Kier molecular flexibility index (Phi) is 4.16. The molecule has 1 aromatic rings. The molecule has 2 rings (SSSR count). The standard InChI is InChI=1S/C13H16ClNO3S/c1-7-3-4-15(9(5-7)13(17)18)12(16)11-10(14)8(2)6-19-11/h6-7,9H,3-5H2,1-2H3,(H,17,18). The second-order valence-electron chi connectivity index (χ2n) is 5.04. The number of carbonyl (C=O) groups is 2. The molecule has 1 aliphatic rings. The first kappa shape index (κ1) is 14.3. The van der Waals surface area contributed by atoms with Gasteiger partial charge in [0.15, 0.2) is 0 Å². The van der Waals surface area contributed by atoms with Crippen molar-refractivity contribution < 1.29 is 14.7 Å². The number of hydrogen-bond acceptors (Lipinski definition) is 3. The molecular weight excluding hydrogens is 286 g/mol. The van der Waals surface area contributed by atoms with Crippen LogP contribution in [0, 0.1) is 12.8 Å². The van der Waals surface area contributed by atoms with Crippen LogP contribution in [-0.4, -0.2) is 34.5 Å². The van der Waals surface area contributed by atoms with E-state index in [9.17, 15) is 14.7 Å². The van der Waals surface area contributed by atoms with Gasteiger partial charge in [0, 0.05) is 6.54 Å². The maximum Gasteiger partial charge on any atom is 0.326 e. The summed E-state index contributed by atoms with van der Waals surface area (Å²) in [5.74, 6) is -0.877. The van der Waals surface area contributed by atoms with Gasteiger partial charge >= 0.3 is 5.97 Å². The van der Waals surface area contributed by atoms with Crippen LogP contribution in [0.4, 0.5) is 0 Å². The zero-order chi connectivity index (χ0) is 14.2. The van der Waals surface area contributed by atoms with Gasteiger partial charge in [0.05, 0.1) is 5.02 Å². The lowest BCUT2D eigenvalue weighted by atomic mass is 9.92. The Labute approximate surface area is 121 Å². The molecule has 0 radical (unpaired) electrons. The van der Waals surface area contributed by atoms with E-state index in [4.69, 9.17) is 11.6 Å². The van der Waals surface area contributed by atoms with Gasteiger partial charge in [0.25, 0.3) is 5.91 Å². The van der Waals surface area contributed by atoms with E-state index in [1.165, 1.54) is 16.2 Å². The topological polar surface area (TPSA) is 57.6 Å². The van der Waals surface area contributed by atoms with E-state index >= 15 is 0 Å². The highest BCUT2D eigenvalue weighted by Crippen LogP contribution is 2.31. The quantitative estimate of drug-likeness (QED) is 0.913. The molecule has 4 nitrogen and oxygen atoms in total. The van der Waals surface area contributed by atoms with E-state index in [-0.39, 0.29) is 5.91 Å². The molecule has 6 heteroatoms. The lowest BCUT2D eigenvalue weighted by molar-refractivity contribution is -0.144. The average molecular weight is 302 g/mol. The van der Waals surface area contributed by atoms with Crippen molar-refractivity contribution in [2.24, 2.45) is 5.92 Å². The molecule has 1 N–H and O–H groups in total. The normalized spacial score (nSPS) is 23.4. The fraction of sp³-hybridized carbons (Fsp3) is 0.538. The number of carboxylic acid groups (broad SMARTS) is 1. The Balaban J connectivity index is 2.26. The molecule has 2 heterocycles. The van der Waals surface area contributed by atoms with Gasteiger partial charge in [-0.25, -0.2) is 4.79 Å². The van der Waals surface area contributed by atoms with E-state index in [2.05, 4.69) is 0 Å². The predicted octanol–water partition coefficient (Wildman–Crippen LogP) is 3.04. The number of rotatable bonds is 2. The first-order valence-corrected chi connectivity index (χ1v) is 7.45. The van der Waals surface area contributed by atoms with Crippen LogP contribution < -0.4 is 0 Å². The van der Waals surface area contributed by atoms with Crippen LogP contribution in [0.2, 0.25) is 5.02 Å². The van der Waals surface area contributed by atoms with Crippen LogP contribution in [0.5, 0.6) is 0 Å². The summed E-state index contributed by atoms with van der Waals surface area (Å²) in [5, 5.41) is 11.5. The Bertz CT molecular complexity index is 514. The minimum Gasteiger partial charge on any atom is -0.480 e. The molecular formula is C13H16ClNO3S. The number of nitrogens with zero attached hydrogens (tertiary/aromatic N) is 1. The Hall–Kier alpha value is -1.07. The molecule has 2 atom stereocenters. The number of hydrogen-bond donors (Lipinski definition) is 1. The fourth-order valence-corrected chi connectivity index (χ4v) is 3.55. The molecule has 1 aliphatic heterocycles. The molecule has 2 unspecified atom stereocenters. The monoisotopic (exact) mass is 301 g/mol. The van der Waals surface area contributed by atoms with Crippen molar-refractivity contribution in [1.82, 2.24) is 4.90 Å². The average Bonchev–Trinajstić information content (AvgIpc) is 2.69. The van der Waals surface area contributed by atoms with Gasteiger partial charge in [-0.2, -0.15) is 0 Å². The minimum atomic E-state index is -0.940. The van der Waals surface area contributed by atoms with E-state index in [1.807, 2.05) is 19.2 Å². The first-order valence-electron chi connectivity index (χ1n) is 6.19. The first-order chi connectivity index (χ1) is 8.91. The second kappa shape index (κ2) is 5.51. The SMILES string of the molecule is Cc1csc(C(=O)N2CCC(C)CC2C(=O)O)c1Cl. The maximum absolute atomic E-state index is 12.4. The third-order valence-corrected chi connectivity index (χ3v) is 5.19. The van der Waals surface area contributed by atoms with Crippen LogP contribution in [0.3, 0.4) is 0 Å². The zero-order valence-electron chi connectivity index (χ0n) is 10.9. The summed E-state index contributed by atoms with van der Waals surface area (Å²) in [6, 6.07) is -0.741. The van der Waals surface area contributed by atoms with Gasteiger partial charge in [-0.15, -0.1) is 11.3 Å². The lowest BCUT2D eigenvalue weighted by Crippen LogP contribution is -2.49. The van der Waals surface area contributed by atoms with E-state index in [1.54, 1.807) is 0 Å². The number of amides is 1. The summed E-state index contributed by atoms with van der Waals surface area (Å²) in [6.45, 7) is 4.33. The lowest BCUT2D eigenvalue weighted by Gasteiger charge is -2.35. The molecule has 19 heavy (non-hydrogen) atoms. The van der Waals surface area contributed by atoms with Gasteiger partial charge in [0.2, 0.25) is 0 Å². The molecule has 0 saturated carbocycles. The number of aryl methyl sites for hydroxylation is 1. The van der Waals surface area contributed by atoms with Crippen molar-refractivity contribution >= 4 is 34.8 Å². The van der Waals surface area contributed by atoms with Gasteiger partial charge in [-0.05, 0) is 36.6 Å². The molecule has 0 spiro atoms. The largest absolute Gasteiger partial charge is 0.480 e. The molecule has 0 bridgehead atoms. The Morgan fingerprint density at radius 2 is 2.21 bits per heavy atom. The second-order valence-corrected chi connectivity index (χ2v) is 6.30. The number of piperidine rings is 1. The summed E-state index contributed by atoms with van der Waals surface area (Å²) in [4.78, 5) is 25.6. The fourth-order valence-electron chi connectivity index (χ4n) is 2.32. The summed E-state index contributed by atoms with van der Waals surface area (Å²) in [6.07, 6.45) is 1.33. The third-order valence-electron chi connectivity index (χ3n) is 3.50. The van der Waals surface area contributed by atoms with Crippen LogP contribution in [0.15, 0.2) is 5.38 Å². The van der Waals surface area contributed by atoms with Crippen molar-refractivity contribution in [3.8, 4) is 0 Å². The van der Waals surface area contributed by atoms with E-state index in [0.29, 0.717) is 28.8 Å². The van der Waals surface area contributed by atoms with Crippen LogP contribution in [0.25, 0.3) is 0 Å². The number of aliphatic carboxylic acids is 1. The number of carbonyl (C=O) groups excluding carboxylic acids is 1. The predicted molar refractivity (Wildman–Crippen MR) is 74.9 cm³/mol. The van der Waals surface area contributed by atoms with Gasteiger partial charge in [-0.1, -0.05) is 18.5 Å². The molecule has 1 amide bonds. The maximum atomic E-state index is 12.4. The van der Waals surface area contributed by atoms with Crippen molar-refractivity contribution in [3.63, 3.8) is 0 Å². The summed E-state index contributed by atoms with van der Waals surface area (Å²) >= 11 is 7.37. The Morgan fingerprint density at radius 3 is 2.74 bits per heavy atom.